The van der Waals surface area contributed by atoms with Crippen molar-refractivity contribution in [3.8, 4) is 0 Å². The third-order valence-electron chi connectivity index (χ3n) is 2.84. The van der Waals surface area contributed by atoms with Crippen LogP contribution < -0.4 is 5.73 Å². The van der Waals surface area contributed by atoms with E-state index in [1.54, 1.807) is 18.5 Å². The first kappa shape index (κ1) is 14.3. The van der Waals surface area contributed by atoms with E-state index in [1.165, 1.54) is 0 Å². The number of rotatable bonds is 3. The van der Waals surface area contributed by atoms with Gasteiger partial charge in [0, 0.05) is 29.7 Å². The van der Waals surface area contributed by atoms with Crippen LogP contribution >= 0.6 is 24.8 Å². The normalized spacial score (nSPS) is 11.6. The molecule has 2 N–H and O–H groups in total. The van der Waals surface area contributed by atoms with Gasteiger partial charge in [-0.05, 0) is 33.8 Å². The number of hydrogen-bond donors (Lipinski definition) is 2. The maximum atomic E-state index is 6.01. The van der Waals surface area contributed by atoms with Crippen molar-refractivity contribution in [2.45, 2.75) is 39.3 Å². The number of nitrogens with two attached hydrogens (primary N) is 1. The molecule has 5 heteroatoms. The highest BCUT2D eigenvalue weighted by atomic mass is 32.1. The number of thiocarbonyl (C=S) groups is 1. The van der Waals surface area contributed by atoms with Crippen LogP contribution in [0.5, 0.6) is 0 Å². The van der Waals surface area contributed by atoms with Crippen molar-refractivity contribution in [1.29, 1.82) is 0 Å². The predicted octanol–water partition coefficient (Wildman–Crippen LogP) is 2.82. The molecule has 0 amide bonds. The molecule has 0 bridgehead atoms. The SMILES string of the molecule is CC(C)N(C(=S)S)C(C)(C)c1cnccc1N. The Hall–Kier alpha value is -0.810. The van der Waals surface area contributed by atoms with E-state index in [2.05, 4.69) is 50.2 Å². The first-order chi connectivity index (χ1) is 7.78. The van der Waals surface area contributed by atoms with Crippen LogP contribution in [0.25, 0.3) is 0 Å². The molecule has 0 fully saturated rings. The minimum Gasteiger partial charge on any atom is -0.398 e. The second-order valence-corrected chi connectivity index (χ2v) is 5.88. The quantitative estimate of drug-likeness (QED) is 0.654. The van der Waals surface area contributed by atoms with Gasteiger partial charge in [-0.15, -0.1) is 12.6 Å². The average Bonchev–Trinajstić information content (AvgIpc) is 2.15. The van der Waals surface area contributed by atoms with E-state index in [0.717, 1.165) is 11.3 Å². The van der Waals surface area contributed by atoms with Gasteiger partial charge in [-0.2, -0.15) is 0 Å². The number of anilines is 1. The maximum Gasteiger partial charge on any atom is 0.134 e. The number of nitrogen functional groups attached to an aromatic ring is 1. The van der Waals surface area contributed by atoms with Crippen LogP contribution in [0.3, 0.4) is 0 Å². The second-order valence-electron chi connectivity index (χ2n) is 4.77. The van der Waals surface area contributed by atoms with Gasteiger partial charge in [0.15, 0.2) is 0 Å². The molecule has 1 aromatic heterocycles. The summed E-state index contributed by atoms with van der Waals surface area (Å²) < 4.78 is 0.563. The molecule has 1 aromatic rings. The lowest BCUT2D eigenvalue weighted by Crippen LogP contribution is -2.47. The molecule has 0 saturated heterocycles. The van der Waals surface area contributed by atoms with E-state index >= 15 is 0 Å². The molecule has 0 aliphatic carbocycles. The van der Waals surface area contributed by atoms with E-state index in [1.807, 2.05) is 0 Å². The van der Waals surface area contributed by atoms with Gasteiger partial charge >= 0.3 is 0 Å². The molecule has 1 heterocycles. The highest BCUT2D eigenvalue weighted by Crippen LogP contribution is 2.33. The van der Waals surface area contributed by atoms with Gasteiger partial charge in [-0.25, -0.2) is 0 Å². The van der Waals surface area contributed by atoms with Crippen LogP contribution in [0, 0.1) is 0 Å². The number of hydrogen-bond acceptors (Lipinski definition) is 3. The van der Waals surface area contributed by atoms with E-state index in [-0.39, 0.29) is 11.6 Å². The number of nitrogens with zero attached hydrogens (tertiary/aromatic N) is 2. The van der Waals surface area contributed by atoms with Gasteiger partial charge in [0.2, 0.25) is 0 Å². The lowest BCUT2D eigenvalue weighted by Gasteiger charge is -2.42. The second kappa shape index (κ2) is 5.23. The fourth-order valence-corrected chi connectivity index (χ4v) is 3.07. The third-order valence-corrected chi connectivity index (χ3v) is 3.25. The first-order valence-electron chi connectivity index (χ1n) is 5.50. The zero-order valence-electron chi connectivity index (χ0n) is 10.6. The molecule has 94 valence electrons. The van der Waals surface area contributed by atoms with Crippen molar-refractivity contribution < 1.29 is 0 Å². The van der Waals surface area contributed by atoms with E-state index in [9.17, 15) is 0 Å². The van der Waals surface area contributed by atoms with Crippen LogP contribution in [0.4, 0.5) is 5.69 Å². The van der Waals surface area contributed by atoms with Crippen LogP contribution in [0.1, 0.15) is 33.3 Å². The number of thiol groups is 1. The summed E-state index contributed by atoms with van der Waals surface area (Å²) >= 11 is 9.52. The lowest BCUT2D eigenvalue weighted by atomic mass is 9.91. The largest absolute Gasteiger partial charge is 0.398 e. The maximum absolute atomic E-state index is 6.01. The molecular formula is C12H19N3S2. The Bertz CT molecular complexity index is 416. The van der Waals surface area contributed by atoms with E-state index in [4.69, 9.17) is 18.0 Å². The Morgan fingerprint density at radius 1 is 1.53 bits per heavy atom. The number of pyridine rings is 1. The summed E-state index contributed by atoms with van der Waals surface area (Å²) in [4.78, 5) is 6.19. The Labute approximate surface area is 114 Å². The summed E-state index contributed by atoms with van der Waals surface area (Å²) in [5.74, 6) is 0. The Morgan fingerprint density at radius 3 is 2.53 bits per heavy atom. The molecule has 0 aliphatic rings. The van der Waals surface area contributed by atoms with Gasteiger partial charge in [0.05, 0.1) is 5.54 Å². The fourth-order valence-electron chi connectivity index (χ4n) is 2.15. The molecule has 0 spiro atoms. The van der Waals surface area contributed by atoms with Crippen LogP contribution in [0.2, 0.25) is 0 Å². The Kier molecular flexibility index (Phi) is 4.38. The average molecular weight is 269 g/mol. The molecule has 0 saturated carbocycles. The van der Waals surface area contributed by atoms with Crippen molar-refractivity contribution in [2.24, 2.45) is 0 Å². The van der Waals surface area contributed by atoms with Gasteiger partial charge in [0.1, 0.15) is 4.32 Å². The molecule has 3 nitrogen and oxygen atoms in total. The molecule has 0 atom stereocenters. The molecule has 0 radical (unpaired) electrons. The zero-order valence-corrected chi connectivity index (χ0v) is 12.3. The summed E-state index contributed by atoms with van der Waals surface area (Å²) in [5.41, 5.74) is 7.37. The molecule has 17 heavy (non-hydrogen) atoms. The molecule has 0 unspecified atom stereocenters. The van der Waals surface area contributed by atoms with E-state index in [0.29, 0.717) is 4.32 Å². The standard InChI is InChI=1S/C12H19N3S2/c1-8(2)15(11(16)17)12(3,4)9-7-14-6-5-10(9)13/h5-8H,1-4H3,(H2,13,14)(H,16,17). The molecule has 0 aliphatic heterocycles. The van der Waals surface area contributed by atoms with Crippen LogP contribution in [-0.2, 0) is 5.54 Å². The lowest BCUT2D eigenvalue weighted by molar-refractivity contribution is 0.185. The monoisotopic (exact) mass is 269 g/mol. The Balaban J connectivity index is 3.26. The zero-order chi connectivity index (χ0) is 13.2. The highest BCUT2D eigenvalue weighted by Gasteiger charge is 2.33. The fraction of sp³-hybridized carbons (Fsp3) is 0.500. The summed E-state index contributed by atoms with van der Waals surface area (Å²) in [6.07, 6.45) is 3.48. The number of aromatic nitrogens is 1. The van der Waals surface area contributed by atoms with Gasteiger partial charge in [0.25, 0.3) is 0 Å². The minimum atomic E-state index is -0.328. The van der Waals surface area contributed by atoms with Crippen LogP contribution in [-0.4, -0.2) is 20.2 Å². The Morgan fingerprint density at radius 2 is 2.12 bits per heavy atom. The smallest absolute Gasteiger partial charge is 0.134 e. The third kappa shape index (κ3) is 2.90. The first-order valence-corrected chi connectivity index (χ1v) is 6.36. The molecular weight excluding hydrogens is 250 g/mol. The van der Waals surface area contributed by atoms with Crippen molar-refractivity contribution in [1.82, 2.24) is 9.88 Å². The summed E-state index contributed by atoms with van der Waals surface area (Å²) in [7, 11) is 0. The van der Waals surface area contributed by atoms with Gasteiger partial charge < -0.3 is 10.6 Å². The van der Waals surface area contributed by atoms with Crippen molar-refractivity contribution >= 4 is 34.9 Å². The molecule has 1 rings (SSSR count). The summed E-state index contributed by atoms with van der Waals surface area (Å²) in [6.45, 7) is 8.31. The van der Waals surface area contributed by atoms with Crippen LogP contribution in [0.15, 0.2) is 18.5 Å². The summed E-state index contributed by atoms with van der Waals surface area (Å²) in [5, 5.41) is 0. The van der Waals surface area contributed by atoms with Crippen molar-refractivity contribution in [3.05, 3.63) is 24.0 Å². The van der Waals surface area contributed by atoms with Gasteiger partial charge in [-0.1, -0.05) is 12.2 Å². The highest BCUT2D eigenvalue weighted by molar-refractivity contribution is 8.10. The summed E-state index contributed by atoms with van der Waals surface area (Å²) in [6, 6.07) is 2.05. The molecule has 0 aromatic carbocycles. The van der Waals surface area contributed by atoms with Gasteiger partial charge in [-0.3, -0.25) is 4.98 Å². The van der Waals surface area contributed by atoms with Crippen molar-refractivity contribution in [3.63, 3.8) is 0 Å². The van der Waals surface area contributed by atoms with E-state index < -0.39 is 0 Å². The predicted molar refractivity (Wildman–Crippen MR) is 80.2 cm³/mol. The minimum absolute atomic E-state index is 0.245. The topological polar surface area (TPSA) is 42.2 Å². The van der Waals surface area contributed by atoms with Crippen molar-refractivity contribution in [2.75, 3.05) is 5.73 Å².